The van der Waals surface area contributed by atoms with Gasteiger partial charge in [0.2, 0.25) is 5.69 Å². The van der Waals surface area contributed by atoms with Crippen LogP contribution in [0.2, 0.25) is 0 Å². The van der Waals surface area contributed by atoms with Crippen LogP contribution in [0.1, 0.15) is 22.5 Å². The Morgan fingerprint density at radius 1 is 1.56 bits per heavy atom. The van der Waals surface area contributed by atoms with Crippen molar-refractivity contribution in [3.63, 3.8) is 0 Å². The normalized spacial score (nSPS) is 10.6. The molecule has 1 aromatic heterocycles. The maximum absolute atomic E-state index is 13.0. The van der Waals surface area contributed by atoms with Gasteiger partial charge in [0.1, 0.15) is 5.82 Å². The zero-order valence-electron chi connectivity index (χ0n) is 7.29. The van der Waals surface area contributed by atoms with Gasteiger partial charge in [-0.25, -0.2) is 13.2 Å². The minimum Gasteiger partial charge on any atom is -0.358 e. The number of alkyl halides is 2. The van der Waals surface area contributed by atoms with Crippen molar-refractivity contribution in [2.45, 2.75) is 6.43 Å². The summed E-state index contributed by atoms with van der Waals surface area (Å²) in [5.74, 6) is -3.01. The van der Waals surface area contributed by atoms with Crippen LogP contribution in [0, 0.1) is 15.9 Å². The van der Waals surface area contributed by atoms with E-state index in [4.69, 9.17) is 11.6 Å². The van der Waals surface area contributed by atoms with Crippen LogP contribution in [0.25, 0.3) is 0 Å². The second-order valence-corrected chi connectivity index (χ2v) is 2.90. The third-order valence-corrected chi connectivity index (χ3v) is 1.77. The number of aromatic nitrogens is 1. The number of hydrogen-bond donors (Lipinski definition) is 0. The molecular formula is C7H2ClF3N2O3. The van der Waals surface area contributed by atoms with Crippen LogP contribution in [-0.2, 0) is 0 Å². The molecule has 0 saturated carbocycles. The molecule has 0 aliphatic rings. The van der Waals surface area contributed by atoms with Crippen LogP contribution < -0.4 is 0 Å². The van der Waals surface area contributed by atoms with E-state index in [1.807, 2.05) is 0 Å². The molecule has 86 valence electrons. The molecule has 1 heterocycles. The third-order valence-electron chi connectivity index (χ3n) is 1.58. The van der Waals surface area contributed by atoms with Crippen LogP contribution in [0.5, 0.6) is 0 Å². The van der Waals surface area contributed by atoms with Gasteiger partial charge in [0.15, 0.2) is 5.56 Å². The van der Waals surface area contributed by atoms with Crippen molar-refractivity contribution in [3.8, 4) is 0 Å². The highest BCUT2D eigenvalue weighted by atomic mass is 35.5. The lowest BCUT2D eigenvalue weighted by molar-refractivity contribution is -0.391. The average Bonchev–Trinajstić information content (AvgIpc) is 2.15. The number of pyridine rings is 1. The highest BCUT2D eigenvalue weighted by molar-refractivity contribution is 6.67. The molecule has 0 aliphatic carbocycles. The lowest BCUT2D eigenvalue weighted by Crippen LogP contribution is -2.06. The summed E-state index contributed by atoms with van der Waals surface area (Å²) in [5, 5.41) is 9.07. The molecule has 0 unspecified atom stereocenters. The van der Waals surface area contributed by atoms with Crippen LogP contribution in [0.3, 0.4) is 0 Å². The quantitative estimate of drug-likeness (QED) is 0.472. The lowest BCUT2D eigenvalue weighted by atomic mass is 10.2. The molecule has 1 aromatic rings. The Bertz CT molecular complexity index is 466. The molecule has 0 saturated heterocycles. The van der Waals surface area contributed by atoms with Gasteiger partial charge in [-0.15, -0.1) is 0 Å². The molecule has 0 radical (unpaired) electrons. The highest BCUT2D eigenvalue weighted by Gasteiger charge is 2.30. The monoisotopic (exact) mass is 254 g/mol. The first-order chi connectivity index (χ1) is 7.34. The average molecular weight is 255 g/mol. The molecule has 0 aromatic carbocycles. The fourth-order valence-corrected chi connectivity index (χ4v) is 1.05. The van der Waals surface area contributed by atoms with Crippen molar-refractivity contribution in [3.05, 3.63) is 33.3 Å². The zero-order valence-corrected chi connectivity index (χ0v) is 8.04. The maximum atomic E-state index is 13.0. The fourth-order valence-electron chi connectivity index (χ4n) is 0.953. The molecule has 1 rings (SSSR count). The SMILES string of the molecule is O=C(Cl)c1cc(F)c(C(F)F)c([N+](=O)[O-])n1. The largest absolute Gasteiger partial charge is 0.376 e. The van der Waals surface area contributed by atoms with Crippen LogP contribution in [-0.4, -0.2) is 15.1 Å². The Hall–Kier alpha value is -1.70. The van der Waals surface area contributed by atoms with Crippen molar-refractivity contribution in [2.24, 2.45) is 0 Å². The summed E-state index contributed by atoms with van der Waals surface area (Å²) in [4.78, 5) is 22.6. The van der Waals surface area contributed by atoms with Gasteiger partial charge >= 0.3 is 5.82 Å². The second-order valence-electron chi connectivity index (χ2n) is 2.56. The highest BCUT2D eigenvalue weighted by Crippen LogP contribution is 2.30. The zero-order chi connectivity index (χ0) is 12.5. The summed E-state index contributed by atoms with van der Waals surface area (Å²) in [6.07, 6.45) is -3.41. The van der Waals surface area contributed by atoms with Gasteiger partial charge < -0.3 is 10.1 Å². The number of carbonyl (C=O) groups excluding carboxylic acids is 1. The van der Waals surface area contributed by atoms with Gasteiger partial charge in [-0.2, -0.15) is 0 Å². The third kappa shape index (κ3) is 2.27. The van der Waals surface area contributed by atoms with Gasteiger partial charge in [-0.3, -0.25) is 4.79 Å². The molecule has 0 fully saturated rings. The van der Waals surface area contributed by atoms with Crippen molar-refractivity contribution in [2.75, 3.05) is 0 Å². The molecule has 0 atom stereocenters. The van der Waals surface area contributed by atoms with E-state index in [0.29, 0.717) is 6.07 Å². The molecule has 0 N–H and O–H groups in total. The van der Waals surface area contributed by atoms with Crippen molar-refractivity contribution >= 4 is 22.7 Å². The number of nitro groups is 1. The molecule has 0 bridgehead atoms. The summed E-state index contributed by atoms with van der Waals surface area (Å²) in [5.41, 5.74) is -2.26. The summed E-state index contributed by atoms with van der Waals surface area (Å²) < 4.78 is 37.6. The van der Waals surface area contributed by atoms with Crippen LogP contribution >= 0.6 is 11.6 Å². The van der Waals surface area contributed by atoms with E-state index in [1.54, 1.807) is 0 Å². The minimum atomic E-state index is -3.41. The Labute approximate surface area is 91.0 Å². The van der Waals surface area contributed by atoms with Crippen LogP contribution in [0.15, 0.2) is 6.07 Å². The lowest BCUT2D eigenvalue weighted by Gasteiger charge is -2.02. The number of nitrogens with zero attached hydrogens (tertiary/aromatic N) is 2. The molecule has 0 aliphatic heterocycles. The van der Waals surface area contributed by atoms with Gasteiger partial charge in [-0.1, -0.05) is 0 Å². The minimum absolute atomic E-state index is 0.323. The van der Waals surface area contributed by atoms with Crippen LogP contribution in [0.4, 0.5) is 19.0 Å². The first-order valence-electron chi connectivity index (χ1n) is 3.67. The number of rotatable bonds is 3. The molecule has 0 spiro atoms. The first kappa shape index (κ1) is 12.4. The van der Waals surface area contributed by atoms with E-state index in [1.165, 1.54) is 0 Å². The van der Waals surface area contributed by atoms with Gasteiger partial charge in [-0.05, 0) is 21.5 Å². The smallest absolute Gasteiger partial charge is 0.358 e. The Morgan fingerprint density at radius 3 is 2.50 bits per heavy atom. The van der Waals surface area contributed by atoms with E-state index in [-0.39, 0.29) is 0 Å². The number of carbonyl (C=O) groups is 1. The Kier molecular flexibility index (Phi) is 3.43. The summed E-state index contributed by atoms with van der Waals surface area (Å²) in [7, 11) is 0. The maximum Gasteiger partial charge on any atom is 0.376 e. The van der Waals surface area contributed by atoms with Crippen molar-refractivity contribution < 1.29 is 22.9 Å². The molecule has 5 nitrogen and oxygen atoms in total. The van der Waals surface area contributed by atoms with Gasteiger partial charge in [0.05, 0.1) is 0 Å². The summed E-state index contributed by atoms with van der Waals surface area (Å²) in [6, 6.07) is 0.323. The molecule has 0 amide bonds. The number of hydrogen-bond acceptors (Lipinski definition) is 4. The predicted molar refractivity (Wildman–Crippen MR) is 46.0 cm³/mol. The fraction of sp³-hybridized carbons (Fsp3) is 0.143. The standard InChI is InChI=1S/C7H2ClF3N2O3/c8-5(14)3-1-2(9)4(6(10)11)7(12-3)13(15)16/h1,6H. The topological polar surface area (TPSA) is 73.1 Å². The second kappa shape index (κ2) is 4.44. The Balaban J connectivity index is 3.52. The van der Waals surface area contributed by atoms with Crippen molar-refractivity contribution in [1.82, 2.24) is 4.98 Å². The van der Waals surface area contributed by atoms with E-state index in [0.717, 1.165) is 0 Å². The van der Waals surface area contributed by atoms with E-state index >= 15 is 0 Å². The van der Waals surface area contributed by atoms with Gasteiger partial charge in [0, 0.05) is 6.07 Å². The van der Waals surface area contributed by atoms with Crippen molar-refractivity contribution in [1.29, 1.82) is 0 Å². The van der Waals surface area contributed by atoms with E-state index in [2.05, 4.69) is 4.98 Å². The number of halogens is 4. The van der Waals surface area contributed by atoms with E-state index in [9.17, 15) is 28.1 Å². The molecule has 9 heteroatoms. The van der Waals surface area contributed by atoms with Gasteiger partial charge in [0.25, 0.3) is 11.7 Å². The first-order valence-corrected chi connectivity index (χ1v) is 4.05. The summed E-state index contributed by atoms with van der Waals surface area (Å²) >= 11 is 4.91. The Morgan fingerprint density at radius 2 is 2.12 bits per heavy atom. The molecular weight excluding hydrogens is 253 g/mol. The summed E-state index contributed by atoms with van der Waals surface area (Å²) in [6.45, 7) is 0. The predicted octanol–water partition coefficient (Wildman–Crippen LogP) is 2.45. The van der Waals surface area contributed by atoms with E-state index < -0.39 is 39.5 Å². The molecule has 16 heavy (non-hydrogen) atoms.